The van der Waals surface area contributed by atoms with Crippen LogP contribution in [-0.4, -0.2) is 17.6 Å². The third-order valence-corrected chi connectivity index (χ3v) is 5.01. The molecule has 0 aliphatic rings. The Balaban J connectivity index is 1.55. The Morgan fingerprint density at radius 2 is 1.62 bits per heavy atom. The van der Waals surface area contributed by atoms with Crippen LogP contribution in [0.3, 0.4) is 0 Å². The summed E-state index contributed by atoms with van der Waals surface area (Å²) in [6.45, 7) is 0.376. The van der Waals surface area contributed by atoms with Crippen molar-refractivity contribution in [2.75, 3.05) is 6.61 Å². The molecule has 3 aromatic carbocycles. The van der Waals surface area contributed by atoms with Crippen molar-refractivity contribution in [2.24, 2.45) is 0 Å². The van der Waals surface area contributed by atoms with Gasteiger partial charge in [-0.15, -0.1) is 0 Å². The van der Waals surface area contributed by atoms with Crippen molar-refractivity contribution in [3.05, 3.63) is 101 Å². The monoisotopic (exact) mass is 401 g/mol. The minimum absolute atomic E-state index is 0.327. The summed E-state index contributed by atoms with van der Waals surface area (Å²) in [6.07, 6.45) is 1.66. The van der Waals surface area contributed by atoms with Crippen LogP contribution in [0.2, 0.25) is 5.02 Å². The van der Waals surface area contributed by atoms with Crippen molar-refractivity contribution >= 4 is 28.5 Å². The van der Waals surface area contributed by atoms with Crippen molar-refractivity contribution in [3.8, 4) is 11.3 Å². The summed E-state index contributed by atoms with van der Waals surface area (Å²) >= 11 is 6.00. The molecule has 0 fully saturated rings. The molecular weight excluding hydrogens is 382 g/mol. The Morgan fingerprint density at radius 3 is 2.41 bits per heavy atom. The maximum atomic E-state index is 12.8. The molecule has 0 N–H and O–H groups in total. The molecule has 0 aliphatic carbocycles. The molecular formula is C25H20ClNO2. The summed E-state index contributed by atoms with van der Waals surface area (Å²) in [5.74, 6) is -0.327. The number of carbonyl (C=O) groups excluding carboxylic acids is 1. The number of halogens is 1. The number of benzene rings is 3. The molecule has 0 saturated heterocycles. The van der Waals surface area contributed by atoms with Crippen LogP contribution >= 0.6 is 11.6 Å². The molecule has 29 heavy (non-hydrogen) atoms. The average molecular weight is 402 g/mol. The average Bonchev–Trinajstić information content (AvgIpc) is 2.77. The van der Waals surface area contributed by atoms with Gasteiger partial charge in [-0.05, 0) is 42.7 Å². The molecule has 4 aromatic rings. The largest absolute Gasteiger partial charge is 0.462 e. The zero-order valence-corrected chi connectivity index (χ0v) is 16.6. The fourth-order valence-electron chi connectivity index (χ4n) is 3.28. The molecule has 0 bridgehead atoms. The fourth-order valence-corrected chi connectivity index (χ4v) is 3.40. The quantitative estimate of drug-likeness (QED) is 0.279. The number of pyridine rings is 1. The maximum Gasteiger partial charge on any atom is 0.338 e. The molecule has 1 heterocycles. The molecule has 0 unspecified atom stereocenters. The number of aryl methyl sites for hydroxylation is 1. The number of aromatic nitrogens is 1. The van der Waals surface area contributed by atoms with Crippen LogP contribution in [0, 0.1) is 0 Å². The Morgan fingerprint density at radius 1 is 0.897 bits per heavy atom. The highest BCUT2D eigenvalue weighted by molar-refractivity contribution is 6.30. The number of esters is 1. The van der Waals surface area contributed by atoms with Gasteiger partial charge in [0.25, 0.3) is 0 Å². The second-order valence-electron chi connectivity index (χ2n) is 6.80. The Bertz CT molecular complexity index is 1120. The molecule has 1 aromatic heterocycles. The van der Waals surface area contributed by atoms with E-state index in [4.69, 9.17) is 21.3 Å². The van der Waals surface area contributed by atoms with Gasteiger partial charge in [0, 0.05) is 16.0 Å². The van der Waals surface area contributed by atoms with Gasteiger partial charge < -0.3 is 4.74 Å². The van der Waals surface area contributed by atoms with E-state index in [9.17, 15) is 4.79 Å². The summed E-state index contributed by atoms with van der Waals surface area (Å²) in [6, 6.07) is 27.0. The number of hydrogen-bond acceptors (Lipinski definition) is 3. The molecule has 3 nitrogen and oxygen atoms in total. The SMILES string of the molecule is O=C(OCCCc1ccccc1)c1cc(-c2ccc(Cl)cc2)nc2ccccc12. The topological polar surface area (TPSA) is 39.2 Å². The van der Waals surface area contributed by atoms with E-state index in [1.807, 2.05) is 66.7 Å². The first-order valence-electron chi connectivity index (χ1n) is 9.57. The Hall–Kier alpha value is -3.17. The number of ether oxygens (including phenoxy) is 1. The zero-order chi connectivity index (χ0) is 20.1. The molecule has 0 radical (unpaired) electrons. The smallest absolute Gasteiger partial charge is 0.338 e. The van der Waals surface area contributed by atoms with Crippen molar-refractivity contribution in [1.82, 2.24) is 4.98 Å². The van der Waals surface area contributed by atoms with E-state index >= 15 is 0 Å². The van der Waals surface area contributed by atoms with Gasteiger partial charge in [-0.3, -0.25) is 0 Å². The van der Waals surface area contributed by atoms with Crippen LogP contribution in [0.15, 0.2) is 84.9 Å². The predicted octanol–water partition coefficient (Wildman–Crippen LogP) is 6.34. The van der Waals surface area contributed by atoms with Crippen LogP contribution in [0.1, 0.15) is 22.3 Å². The van der Waals surface area contributed by atoms with Gasteiger partial charge >= 0.3 is 5.97 Å². The van der Waals surface area contributed by atoms with E-state index in [-0.39, 0.29) is 5.97 Å². The summed E-state index contributed by atoms with van der Waals surface area (Å²) < 4.78 is 5.58. The maximum absolute atomic E-state index is 12.8. The molecule has 0 amide bonds. The number of nitrogens with zero attached hydrogens (tertiary/aromatic N) is 1. The van der Waals surface area contributed by atoms with Crippen LogP contribution < -0.4 is 0 Å². The van der Waals surface area contributed by atoms with E-state index in [0.29, 0.717) is 17.2 Å². The molecule has 0 spiro atoms. The zero-order valence-electron chi connectivity index (χ0n) is 15.8. The molecule has 0 aliphatic heterocycles. The standard InChI is InChI=1S/C25H20ClNO2/c26-20-14-12-19(13-15-20)24-17-22(21-10-4-5-11-23(21)27-24)25(28)29-16-6-9-18-7-2-1-3-8-18/h1-5,7-8,10-15,17H,6,9,16H2. The van der Waals surface area contributed by atoms with Gasteiger partial charge in [-0.2, -0.15) is 0 Å². The highest BCUT2D eigenvalue weighted by Gasteiger charge is 2.15. The van der Waals surface area contributed by atoms with Crippen LogP contribution in [0.4, 0.5) is 0 Å². The van der Waals surface area contributed by atoms with Crippen molar-refractivity contribution in [1.29, 1.82) is 0 Å². The lowest BCUT2D eigenvalue weighted by Gasteiger charge is -2.10. The molecule has 0 saturated carbocycles. The van der Waals surface area contributed by atoms with Crippen LogP contribution in [-0.2, 0) is 11.2 Å². The van der Waals surface area contributed by atoms with Crippen molar-refractivity contribution < 1.29 is 9.53 Å². The normalized spacial score (nSPS) is 10.8. The van der Waals surface area contributed by atoms with Gasteiger partial charge in [0.05, 0.1) is 23.4 Å². The lowest BCUT2D eigenvalue weighted by atomic mass is 10.0. The van der Waals surface area contributed by atoms with E-state index in [0.717, 1.165) is 35.0 Å². The second-order valence-corrected chi connectivity index (χ2v) is 7.24. The highest BCUT2D eigenvalue weighted by atomic mass is 35.5. The molecule has 4 heteroatoms. The number of hydrogen-bond donors (Lipinski definition) is 0. The third kappa shape index (κ3) is 4.64. The first kappa shape index (κ1) is 19.2. The Kier molecular flexibility index (Phi) is 5.87. The summed E-state index contributed by atoms with van der Waals surface area (Å²) in [7, 11) is 0. The van der Waals surface area contributed by atoms with E-state index in [1.165, 1.54) is 5.56 Å². The minimum Gasteiger partial charge on any atom is -0.462 e. The second kappa shape index (κ2) is 8.89. The third-order valence-electron chi connectivity index (χ3n) is 4.76. The summed E-state index contributed by atoms with van der Waals surface area (Å²) in [5.41, 5.74) is 4.15. The lowest BCUT2D eigenvalue weighted by molar-refractivity contribution is 0.0503. The van der Waals surface area contributed by atoms with Crippen molar-refractivity contribution in [3.63, 3.8) is 0 Å². The number of carbonyl (C=O) groups is 1. The molecule has 0 atom stereocenters. The van der Waals surface area contributed by atoms with Gasteiger partial charge in [0.1, 0.15) is 0 Å². The summed E-state index contributed by atoms with van der Waals surface area (Å²) in [4.78, 5) is 17.5. The van der Waals surface area contributed by atoms with E-state index in [2.05, 4.69) is 12.1 Å². The minimum atomic E-state index is -0.327. The van der Waals surface area contributed by atoms with E-state index in [1.54, 1.807) is 6.07 Å². The number of fused-ring (bicyclic) bond motifs is 1. The number of rotatable bonds is 6. The fraction of sp³-hybridized carbons (Fsp3) is 0.120. The highest BCUT2D eigenvalue weighted by Crippen LogP contribution is 2.26. The van der Waals surface area contributed by atoms with E-state index < -0.39 is 0 Å². The number of para-hydroxylation sites is 1. The first-order chi connectivity index (χ1) is 14.2. The van der Waals surface area contributed by atoms with Gasteiger partial charge in [0.2, 0.25) is 0 Å². The van der Waals surface area contributed by atoms with Crippen LogP contribution in [0.25, 0.3) is 22.2 Å². The Labute approximate surface area is 174 Å². The predicted molar refractivity (Wildman–Crippen MR) is 117 cm³/mol. The van der Waals surface area contributed by atoms with Gasteiger partial charge in [-0.25, -0.2) is 9.78 Å². The first-order valence-corrected chi connectivity index (χ1v) is 9.95. The lowest BCUT2D eigenvalue weighted by Crippen LogP contribution is -2.08. The summed E-state index contributed by atoms with van der Waals surface area (Å²) in [5, 5.41) is 1.45. The molecule has 4 rings (SSSR count). The molecule has 144 valence electrons. The van der Waals surface area contributed by atoms with Crippen molar-refractivity contribution in [2.45, 2.75) is 12.8 Å². The van der Waals surface area contributed by atoms with Gasteiger partial charge in [-0.1, -0.05) is 72.3 Å². The van der Waals surface area contributed by atoms with Crippen LogP contribution in [0.5, 0.6) is 0 Å². The van der Waals surface area contributed by atoms with Gasteiger partial charge in [0.15, 0.2) is 0 Å².